The van der Waals surface area contributed by atoms with Gasteiger partial charge >= 0.3 is 6.18 Å². The van der Waals surface area contributed by atoms with E-state index in [4.69, 9.17) is 16.3 Å². The minimum Gasteiger partial charge on any atom is -0.479 e. The number of rotatable bonds is 1. The maximum atomic E-state index is 13.8. The number of fused-ring (bicyclic) bond motifs is 4. The number of aromatic nitrogens is 1. The number of halogens is 5. The Morgan fingerprint density at radius 1 is 1.06 bits per heavy atom. The lowest BCUT2D eigenvalue weighted by Gasteiger charge is -2.45. The van der Waals surface area contributed by atoms with E-state index < -0.39 is 29.1 Å². The molecule has 0 bridgehead atoms. The highest BCUT2D eigenvalue weighted by atomic mass is 35.5. The minimum absolute atomic E-state index is 0.248. The first-order chi connectivity index (χ1) is 15.2. The molecule has 2 aliphatic heterocycles. The monoisotopic (exact) mass is 464 g/mol. The van der Waals surface area contributed by atoms with Gasteiger partial charge in [-0.25, -0.2) is 4.39 Å². The van der Waals surface area contributed by atoms with E-state index in [1.807, 2.05) is 29.0 Å². The molecule has 4 nitrogen and oxygen atoms in total. The second-order valence-corrected chi connectivity index (χ2v) is 8.43. The van der Waals surface area contributed by atoms with Gasteiger partial charge in [-0.2, -0.15) is 13.2 Å². The largest absolute Gasteiger partial charge is 0.479 e. The van der Waals surface area contributed by atoms with Gasteiger partial charge in [0.25, 0.3) is 5.91 Å². The van der Waals surface area contributed by atoms with Crippen LogP contribution in [0.25, 0.3) is 5.69 Å². The highest BCUT2D eigenvalue weighted by Crippen LogP contribution is 2.46. The summed E-state index contributed by atoms with van der Waals surface area (Å²) < 4.78 is 61.3. The highest BCUT2D eigenvalue weighted by Gasteiger charge is 2.45. The first-order valence-corrected chi connectivity index (χ1v) is 10.4. The van der Waals surface area contributed by atoms with Gasteiger partial charge in [0.2, 0.25) is 0 Å². The normalized spacial score (nSPS) is 17.0. The first-order valence-electron chi connectivity index (χ1n) is 10.0. The van der Waals surface area contributed by atoms with E-state index in [1.54, 1.807) is 12.1 Å². The Balaban J connectivity index is 1.40. The van der Waals surface area contributed by atoms with Crippen molar-refractivity contribution < 1.29 is 27.1 Å². The van der Waals surface area contributed by atoms with Gasteiger partial charge in [-0.05, 0) is 42.5 Å². The Kier molecular flexibility index (Phi) is 4.74. The zero-order valence-electron chi connectivity index (χ0n) is 16.6. The standard InChI is InChI=1S/C23H17ClF4N2O2/c24-16-3-4-18-19(13-16)32-22(20-2-1-7-30(18)20)5-8-29(9-6-22)21(31)14-10-15(23(26,27)28)12-17(25)11-14/h1-4,7,10-13H,5-6,8-9H2. The number of carbonyl (C=O) groups excluding carboxylic acids is 1. The van der Waals surface area contributed by atoms with Crippen LogP contribution in [0.15, 0.2) is 54.7 Å². The number of hydrogen-bond donors (Lipinski definition) is 0. The summed E-state index contributed by atoms with van der Waals surface area (Å²) in [7, 11) is 0. The summed E-state index contributed by atoms with van der Waals surface area (Å²) in [6.07, 6.45) is -1.96. The molecule has 1 spiro atoms. The van der Waals surface area contributed by atoms with E-state index in [9.17, 15) is 22.4 Å². The number of nitrogens with zero attached hydrogens (tertiary/aromatic N) is 2. The van der Waals surface area contributed by atoms with Crippen molar-refractivity contribution >= 4 is 17.5 Å². The second-order valence-electron chi connectivity index (χ2n) is 7.99. The van der Waals surface area contributed by atoms with Crippen molar-refractivity contribution in [3.05, 3.63) is 82.4 Å². The summed E-state index contributed by atoms with van der Waals surface area (Å²) in [4.78, 5) is 14.3. The molecule has 0 radical (unpaired) electrons. The molecule has 9 heteroatoms. The number of amides is 1. The average Bonchev–Trinajstić information content (AvgIpc) is 3.24. The van der Waals surface area contributed by atoms with E-state index in [0.29, 0.717) is 35.7 Å². The number of ether oxygens (including phenoxy) is 1. The molecule has 0 saturated carbocycles. The van der Waals surface area contributed by atoms with Gasteiger partial charge < -0.3 is 14.2 Å². The van der Waals surface area contributed by atoms with E-state index in [0.717, 1.165) is 17.4 Å². The Morgan fingerprint density at radius 3 is 2.53 bits per heavy atom. The molecule has 1 amide bonds. The molecule has 0 unspecified atom stereocenters. The van der Waals surface area contributed by atoms with Crippen LogP contribution in [0.4, 0.5) is 17.6 Å². The van der Waals surface area contributed by atoms with Crippen LogP contribution in [0, 0.1) is 5.82 Å². The molecule has 1 fully saturated rings. The predicted octanol–water partition coefficient (Wildman–Crippen LogP) is 5.81. The number of piperidine rings is 1. The summed E-state index contributed by atoms with van der Waals surface area (Å²) >= 11 is 6.14. The van der Waals surface area contributed by atoms with Crippen LogP contribution in [0.5, 0.6) is 5.75 Å². The van der Waals surface area contributed by atoms with Crippen LogP contribution in [-0.2, 0) is 11.8 Å². The van der Waals surface area contributed by atoms with Crippen molar-refractivity contribution in [2.24, 2.45) is 0 Å². The van der Waals surface area contributed by atoms with E-state index in [2.05, 4.69) is 0 Å². The van der Waals surface area contributed by atoms with Crippen molar-refractivity contribution in [1.29, 1.82) is 0 Å². The maximum Gasteiger partial charge on any atom is 0.416 e. The van der Waals surface area contributed by atoms with Crippen molar-refractivity contribution in [2.45, 2.75) is 24.6 Å². The summed E-state index contributed by atoms with van der Waals surface area (Å²) in [5.41, 5.74) is -0.408. The maximum absolute atomic E-state index is 13.8. The third-order valence-corrected chi connectivity index (χ3v) is 6.27. The number of carbonyl (C=O) groups is 1. The Hall–Kier alpha value is -3.00. The smallest absolute Gasteiger partial charge is 0.416 e. The summed E-state index contributed by atoms with van der Waals surface area (Å²) in [6, 6.07) is 11.2. The molecule has 0 N–H and O–H groups in total. The Morgan fingerprint density at radius 2 is 1.81 bits per heavy atom. The molecule has 3 heterocycles. The lowest BCUT2D eigenvalue weighted by atomic mass is 9.86. The van der Waals surface area contributed by atoms with Gasteiger partial charge in [0, 0.05) is 48.8 Å². The molecule has 2 aromatic carbocycles. The average molecular weight is 465 g/mol. The van der Waals surface area contributed by atoms with E-state index >= 15 is 0 Å². The number of alkyl halides is 3. The Labute approximate surface area is 186 Å². The molecule has 166 valence electrons. The molecule has 5 rings (SSSR count). The van der Waals surface area contributed by atoms with Crippen LogP contribution >= 0.6 is 11.6 Å². The topological polar surface area (TPSA) is 34.5 Å². The highest BCUT2D eigenvalue weighted by molar-refractivity contribution is 6.30. The number of hydrogen-bond acceptors (Lipinski definition) is 2. The molecule has 0 atom stereocenters. The molecule has 2 aliphatic rings. The SMILES string of the molecule is O=C(c1cc(F)cc(C(F)(F)F)c1)N1CCC2(CC1)Oc1cc(Cl)ccc1-n1cccc12. The second kappa shape index (κ2) is 7.27. The quantitative estimate of drug-likeness (QED) is 0.426. The van der Waals surface area contributed by atoms with Gasteiger partial charge in [-0.15, -0.1) is 0 Å². The van der Waals surface area contributed by atoms with Crippen molar-refractivity contribution in [3.63, 3.8) is 0 Å². The summed E-state index contributed by atoms with van der Waals surface area (Å²) in [6.45, 7) is 0.496. The number of likely N-dealkylation sites (tertiary alicyclic amines) is 1. The van der Waals surface area contributed by atoms with Crippen LogP contribution in [-0.4, -0.2) is 28.5 Å². The fraction of sp³-hybridized carbons (Fsp3) is 0.261. The molecule has 1 aromatic heterocycles. The lowest BCUT2D eigenvalue weighted by Crippen LogP contribution is -2.50. The Bertz CT molecular complexity index is 1210. The molecular formula is C23H17ClF4N2O2. The van der Waals surface area contributed by atoms with Crippen molar-refractivity contribution in [2.75, 3.05) is 13.1 Å². The van der Waals surface area contributed by atoms with E-state index in [-0.39, 0.29) is 18.7 Å². The third kappa shape index (κ3) is 3.43. The lowest BCUT2D eigenvalue weighted by molar-refractivity contribution is -0.137. The van der Waals surface area contributed by atoms with Crippen LogP contribution in [0.1, 0.15) is 34.5 Å². The number of benzene rings is 2. The summed E-state index contributed by atoms with van der Waals surface area (Å²) in [5, 5.41) is 0.536. The van der Waals surface area contributed by atoms with Crippen molar-refractivity contribution in [1.82, 2.24) is 9.47 Å². The molecule has 3 aromatic rings. The van der Waals surface area contributed by atoms with Gasteiger partial charge in [-0.3, -0.25) is 4.79 Å². The fourth-order valence-corrected chi connectivity index (χ4v) is 4.64. The predicted molar refractivity (Wildman–Crippen MR) is 110 cm³/mol. The van der Waals surface area contributed by atoms with E-state index in [1.165, 1.54) is 4.90 Å². The zero-order chi connectivity index (χ0) is 22.7. The van der Waals surface area contributed by atoms with Crippen LogP contribution in [0.2, 0.25) is 5.02 Å². The molecule has 1 saturated heterocycles. The van der Waals surface area contributed by atoms with Gasteiger partial charge in [-0.1, -0.05) is 11.6 Å². The van der Waals surface area contributed by atoms with Gasteiger partial charge in [0.15, 0.2) is 5.60 Å². The third-order valence-electron chi connectivity index (χ3n) is 6.03. The molecule has 32 heavy (non-hydrogen) atoms. The molecular weight excluding hydrogens is 448 g/mol. The summed E-state index contributed by atoms with van der Waals surface area (Å²) in [5.74, 6) is -1.11. The zero-order valence-corrected chi connectivity index (χ0v) is 17.4. The first kappa shape index (κ1) is 20.9. The van der Waals surface area contributed by atoms with Gasteiger partial charge in [0.1, 0.15) is 11.6 Å². The van der Waals surface area contributed by atoms with Crippen molar-refractivity contribution in [3.8, 4) is 11.4 Å². The van der Waals surface area contributed by atoms with Crippen LogP contribution < -0.4 is 4.74 Å². The minimum atomic E-state index is -4.74. The molecule has 0 aliphatic carbocycles. The van der Waals surface area contributed by atoms with Gasteiger partial charge in [0.05, 0.1) is 16.9 Å². The van der Waals surface area contributed by atoms with Crippen LogP contribution in [0.3, 0.4) is 0 Å². The fourth-order valence-electron chi connectivity index (χ4n) is 4.48.